The van der Waals surface area contributed by atoms with Crippen molar-refractivity contribution >= 4 is 22.0 Å². The van der Waals surface area contributed by atoms with Gasteiger partial charge in [0.25, 0.3) is 10.4 Å². The van der Waals surface area contributed by atoms with Gasteiger partial charge in [-0.3, -0.25) is 0 Å². The predicted octanol–water partition coefficient (Wildman–Crippen LogP) is 1.32. The lowest BCUT2D eigenvalue weighted by atomic mass is 10.3. The van der Waals surface area contributed by atoms with Crippen LogP contribution in [0.1, 0.15) is 25.7 Å². The Morgan fingerprint density at radius 1 is 1.35 bits per heavy atom. The number of hydrogen-bond donors (Lipinski definition) is 0. The lowest BCUT2D eigenvalue weighted by Crippen LogP contribution is -2.41. The van der Waals surface area contributed by atoms with Crippen LogP contribution in [0.4, 0.5) is 8.37 Å². The zero-order valence-corrected chi connectivity index (χ0v) is 12.6. The van der Waals surface area contributed by atoms with Crippen LogP contribution in [0.15, 0.2) is 0 Å². The molecular weight excluding hydrogens is 316 g/mol. The predicted molar refractivity (Wildman–Crippen MR) is 68.3 cm³/mol. The molecule has 7 nitrogen and oxygen atoms in total. The fourth-order valence-corrected chi connectivity index (χ4v) is 1.86. The topological polar surface area (TPSA) is 106 Å². The Morgan fingerprint density at radius 3 is 2.05 bits per heavy atom. The highest BCUT2D eigenvalue weighted by atomic mass is 32.3. The van der Waals surface area contributed by atoms with E-state index < -0.39 is 22.0 Å². The lowest BCUT2D eigenvalue weighted by Gasteiger charge is -2.28. The highest BCUT2D eigenvalue weighted by Gasteiger charge is 2.25. The monoisotopic (exact) mass is 333 g/mol. The summed E-state index contributed by atoms with van der Waals surface area (Å²) in [6, 6.07) is 2.20. The molecule has 1 aliphatic heterocycles. The van der Waals surface area contributed by atoms with Gasteiger partial charge in [-0.1, -0.05) is 0 Å². The standard InChI is InChI=1S/C9H17N2.F2NO2S.O2S/c1-11(7-3-2-6-10)8-4-5-9-11;1-3-6(2,4)5;1-3-2/h2-5,7-9H2,1H3;;/q+1;-1;. The van der Waals surface area contributed by atoms with E-state index in [1.165, 1.54) is 37.0 Å². The van der Waals surface area contributed by atoms with Crippen molar-refractivity contribution in [2.24, 2.45) is 0 Å². The van der Waals surface area contributed by atoms with Crippen molar-refractivity contribution in [2.45, 2.75) is 25.7 Å². The fraction of sp³-hybridized carbons (Fsp3) is 0.889. The summed E-state index contributed by atoms with van der Waals surface area (Å²) < 4.78 is 56.1. The van der Waals surface area contributed by atoms with Gasteiger partial charge in [0.1, 0.15) is 0 Å². The van der Waals surface area contributed by atoms with Gasteiger partial charge in [-0.2, -0.15) is 13.7 Å². The molecule has 1 heterocycles. The number of nitriles is 1. The zero-order valence-electron chi connectivity index (χ0n) is 11.0. The number of rotatable bonds is 4. The zero-order chi connectivity index (χ0) is 16.1. The van der Waals surface area contributed by atoms with Crippen LogP contribution < -0.4 is 0 Å². The quantitative estimate of drug-likeness (QED) is 0.438. The third kappa shape index (κ3) is 15.1. The molecular formula is C9H17F2N3O4S2. The van der Waals surface area contributed by atoms with E-state index in [2.05, 4.69) is 13.1 Å². The molecule has 0 aromatic carbocycles. The van der Waals surface area contributed by atoms with Crippen molar-refractivity contribution in [1.29, 1.82) is 5.26 Å². The van der Waals surface area contributed by atoms with E-state index in [0.29, 0.717) is 0 Å². The highest BCUT2D eigenvalue weighted by molar-refractivity contribution is 7.88. The molecule has 0 spiro atoms. The van der Waals surface area contributed by atoms with Crippen LogP contribution in [-0.2, 0) is 22.0 Å². The van der Waals surface area contributed by atoms with Crippen LogP contribution in [0.3, 0.4) is 0 Å². The summed E-state index contributed by atoms with van der Waals surface area (Å²) in [6.07, 6.45) is 4.56. The Labute approximate surface area is 121 Å². The third-order valence-corrected chi connectivity index (χ3v) is 2.88. The van der Waals surface area contributed by atoms with E-state index in [1.54, 1.807) is 0 Å². The van der Waals surface area contributed by atoms with Crippen molar-refractivity contribution in [1.82, 2.24) is 0 Å². The minimum absolute atomic E-state index is 0.730. The van der Waals surface area contributed by atoms with Gasteiger partial charge in [0.15, 0.2) is 0 Å². The van der Waals surface area contributed by atoms with Gasteiger partial charge < -0.3 is 13.9 Å². The second kappa shape index (κ2) is 11.8. The number of quaternary nitrogens is 1. The van der Waals surface area contributed by atoms with Crippen LogP contribution in [0.25, 0.3) is 4.94 Å². The first-order valence-electron chi connectivity index (χ1n) is 5.65. The van der Waals surface area contributed by atoms with Crippen molar-refractivity contribution < 1.29 is 29.7 Å². The molecule has 0 saturated carbocycles. The summed E-state index contributed by atoms with van der Waals surface area (Å²) >= 11 is -0.750. The number of unbranched alkanes of at least 4 members (excludes halogenated alkanes) is 1. The van der Waals surface area contributed by atoms with Crippen LogP contribution in [0, 0.1) is 11.3 Å². The Bertz CT molecular complexity index is 427. The van der Waals surface area contributed by atoms with E-state index in [4.69, 9.17) is 22.1 Å². The van der Waals surface area contributed by atoms with E-state index in [-0.39, 0.29) is 0 Å². The molecule has 0 atom stereocenters. The van der Waals surface area contributed by atoms with Gasteiger partial charge in [-0.25, -0.2) is 8.42 Å². The van der Waals surface area contributed by atoms with Gasteiger partial charge in [0.2, 0.25) is 0 Å². The minimum Gasteiger partial charge on any atom is -0.352 e. The first-order chi connectivity index (χ1) is 9.24. The Balaban J connectivity index is 0. The maximum absolute atomic E-state index is 10.5. The molecule has 1 fully saturated rings. The summed E-state index contributed by atoms with van der Waals surface area (Å²) in [5.74, 6) is 0. The average molecular weight is 333 g/mol. The van der Waals surface area contributed by atoms with Crippen LogP contribution in [0.2, 0.25) is 0 Å². The summed E-state index contributed by atoms with van der Waals surface area (Å²) in [5.41, 5.74) is 0. The molecule has 0 amide bonds. The molecule has 0 aromatic heterocycles. The minimum atomic E-state index is -5.20. The first-order valence-corrected chi connectivity index (χ1v) is 7.65. The molecule has 0 aliphatic carbocycles. The van der Waals surface area contributed by atoms with Crippen molar-refractivity contribution in [3.05, 3.63) is 4.94 Å². The smallest absolute Gasteiger partial charge is 0.335 e. The lowest BCUT2D eigenvalue weighted by molar-refractivity contribution is -0.897. The maximum atomic E-state index is 10.5. The molecule has 1 rings (SSSR count). The Kier molecular flexibility index (Phi) is 12.6. The molecule has 0 radical (unpaired) electrons. The largest absolute Gasteiger partial charge is 0.352 e. The third-order valence-electron chi connectivity index (χ3n) is 2.71. The van der Waals surface area contributed by atoms with Crippen LogP contribution in [-0.4, -0.2) is 48.0 Å². The second-order valence-electron chi connectivity index (χ2n) is 4.31. The van der Waals surface area contributed by atoms with E-state index in [1.807, 2.05) is 0 Å². The molecule has 20 heavy (non-hydrogen) atoms. The van der Waals surface area contributed by atoms with E-state index >= 15 is 0 Å². The molecule has 118 valence electrons. The van der Waals surface area contributed by atoms with Crippen molar-refractivity contribution in [2.75, 3.05) is 26.7 Å². The summed E-state index contributed by atoms with van der Waals surface area (Å²) in [6.45, 7) is 3.85. The van der Waals surface area contributed by atoms with Gasteiger partial charge in [0, 0.05) is 25.7 Å². The summed E-state index contributed by atoms with van der Waals surface area (Å²) in [4.78, 5) is 0.826. The van der Waals surface area contributed by atoms with E-state index in [9.17, 15) is 8.37 Å². The number of nitrogens with zero attached hydrogens (tertiary/aromatic N) is 3. The highest BCUT2D eigenvalue weighted by Crippen LogP contribution is 2.16. The second-order valence-corrected chi connectivity index (χ2v) is 5.41. The van der Waals surface area contributed by atoms with Gasteiger partial charge in [0.05, 0.1) is 32.8 Å². The molecule has 11 heteroatoms. The van der Waals surface area contributed by atoms with Gasteiger partial charge in [-0.05, 0) is 0 Å². The summed E-state index contributed by atoms with van der Waals surface area (Å²) in [5, 5.41) is 8.37. The number of halogens is 2. The van der Waals surface area contributed by atoms with Gasteiger partial charge >= 0.3 is 11.6 Å². The Morgan fingerprint density at radius 2 is 1.75 bits per heavy atom. The maximum Gasteiger partial charge on any atom is 0.335 e. The van der Waals surface area contributed by atoms with E-state index in [0.717, 1.165) is 17.8 Å². The molecule has 0 N–H and O–H groups in total. The van der Waals surface area contributed by atoms with Crippen molar-refractivity contribution in [3.63, 3.8) is 0 Å². The summed E-state index contributed by atoms with van der Waals surface area (Å²) in [7, 11) is -2.89. The molecule has 0 bridgehead atoms. The molecule has 1 aliphatic rings. The first kappa shape index (κ1) is 21.3. The van der Waals surface area contributed by atoms with Crippen LogP contribution >= 0.6 is 0 Å². The SMILES string of the molecule is C[N+]1(CCCC#N)CCCC1.O=S(=O)(F)[N-]F.O=S=O. The van der Waals surface area contributed by atoms with Crippen molar-refractivity contribution in [3.8, 4) is 6.07 Å². The average Bonchev–Trinajstić information content (AvgIpc) is 2.78. The Hall–Kier alpha value is -0.960. The number of hydrogen-bond acceptors (Lipinski definition) is 5. The molecule has 0 unspecified atom stereocenters. The fourth-order valence-electron chi connectivity index (χ4n) is 1.86. The number of likely N-dealkylation sites (tertiary alicyclic amines) is 1. The molecule has 1 saturated heterocycles. The van der Waals surface area contributed by atoms with Crippen LogP contribution in [0.5, 0.6) is 0 Å². The normalized spacial score (nSPS) is 15.9. The van der Waals surface area contributed by atoms with Gasteiger partial charge in [-0.15, -0.1) is 3.89 Å². The molecule has 0 aromatic rings.